The molecule has 2 aromatic carbocycles. The summed E-state index contributed by atoms with van der Waals surface area (Å²) in [5, 5.41) is 17.8. The van der Waals surface area contributed by atoms with Crippen LogP contribution in [0.15, 0.2) is 52.0 Å². The van der Waals surface area contributed by atoms with Crippen LogP contribution in [0.25, 0.3) is 0 Å². The molecule has 0 aromatic heterocycles. The molecular weight excluding hydrogens is 396 g/mol. The number of nitro benzene ring substituents is 1. The lowest BCUT2D eigenvalue weighted by Crippen LogP contribution is -2.24. The van der Waals surface area contributed by atoms with Crippen molar-refractivity contribution in [2.45, 2.75) is 0 Å². The minimum absolute atomic E-state index is 0.0651. The summed E-state index contributed by atoms with van der Waals surface area (Å²) in [5.74, 6) is 0.716. The van der Waals surface area contributed by atoms with Gasteiger partial charge >= 0.3 is 0 Å². The van der Waals surface area contributed by atoms with E-state index in [1.54, 1.807) is 37.6 Å². The Morgan fingerprint density at radius 2 is 2.12 bits per heavy atom. The summed E-state index contributed by atoms with van der Waals surface area (Å²) in [7, 11) is 1.59. The Balaban J connectivity index is 1.98. The topological polar surface area (TPSA) is 88.8 Å². The molecule has 2 rings (SSSR count). The summed E-state index contributed by atoms with van der Waals surface area (Å²) >= 11 is 8.46. The predicted octanol–water partition coefficient (Wildman–Crippen LogP) is 3.69. The quantitative estimate of drug-likeness (QED) is 0.339. The number of rotatable bonds is 5. The second-order valence-electron chi connectivity index (χ2n) is 4.49. The maximum absolute atomic E-state index is 10.9. The maximum atomic E-state index is 10.9. The fraction of sp³-hybridized carbons (Fsp3) is 0.0667. The number of methoxy groups -OCH3 is 1. The Morgan fingerprint density at radius 1 is 1.38 bits per heavy atom. The van der Waals surface area contributed by atoms with Crippen molar-refractivity contribution in [2.75, 3.05) is 12.4 Å². The number of ether oxygens (including phenoxy) is 1. The summed E-state index contributed by atoms with van der Waals surface area (Å²) in [6.07, 6.45) is 1.57. The van der Waals surface area contributed by atoms with Crippen LogP contribution in [0.5, 0.6) is 5.75 Å². The van der Waals surface area contributed by atoms with Crippen LogP contribution in [0.4, 0.5) is 11.4 Å². The van der Waals surface area contributed by atoms with Crippen LogP contribution in [0.2, 0.25) is 0 Å². The zero-order valence-electron chi connectivity index (χ0n) is 12.5. The lowest BCUT2D eigenvalue weighted by molar-refractivity contribution is -0.383. The maximum Gasteiger partial charge on any atom is 0.292 e. The van der Waals surface area contributed by atoms with Crippen LogP contribution >= 0.6 is 28.1 Å². The Labute approximate surface area is 152 Å². The number of nitrogens with zero attached hydrogens (tertiary/aromatic N) is 2. The van der Waals surface area contributed by atoms with Crippen molar-refractivity contribution in [3.05, 3.63) is 62.6 Å². The van der Waals surface area contributed by atoms with Crippen LogP contribution < -0.4 is 15.5 Å². The number of hydrazone groups is 1. The SMILES string of the molecule is COc1ccc(/C=N\NC(=S)Nc2ccccc2[N+](=O)[O-])cc1Br. The van der Waals surface area contributed by atoms with Gasteiger partial charge < -0.3 is 10.1 Å². The first-order valence-corrected chi connectivity index (χ1v) is 7.88. The largest absolute Gasteiger partial charge is 0.496 e. The van der Waals surface area contributed by atoms with Crippen LogP contribution in [0, 0.1) is 10.1 Å². The minimum atomic E-state index is -0.483. The second kappa shape index (κ2) is 8.37. The summed E-state index contributed by atoms with van der Waals surface area (Å²) in [6.45, 7) is 0. The van der Waals surface area contributed by atoms with Gasteiger partial charge in [-0.3, -0.25) is 15.5 Å². The molecule has 0 heterocycles. The number of thiocarbonyl (C=S) groups is 1. The fourth-order valence-electron chi connectivity index (χ4n) is 1.82. The standard InChI is InChI=1S/C15H13BrN4O3S/c1-23-14-7-6-10(8-11(14)16)9-17-19-15(24)18-12-4-2-3-5-13(12)20(21)22/h2-9H,1H3,(H2,18,19,24)/b17-9-. The summed E-state index contributed by atoms with van der Waals surface area (Å²) in [5.41, 5.74) is 3.67. The van der Waals surface area contributed by atoms with Gasteiger partial charge in [-0.1, -0.05) is 12.1 Å². The number of nitro groups is 1. The van der Waals surface area contributed by atoms with Crippen molar-refractivity contribution >= 4 is 50.8 Å². The molecule has 0 aliphatic rings. The number of hydrogen-bond donors (Lipinski definition) is 2. The smallest absolute Gasteiger partial charge is 0.292 e. The van der Waals surface area contributed by atoms with Gasteiger partial charge in [0.2, 0.25) is 0 Å². The number of anilines is 1. The minimum Gasteiger partial charge on any atom is -0.496 e. The van der Waals surface area contributed by atoms with Gasteiger partial charge in [-0.05, 0) is 58.0 Å². The molecular formula is C15H13BrN4O3S. The van der Waals surface area contributed by atoms with E-state index in [1.807, 2.05) is 12.1 Å². The van der Waals surface area contributed by atoms with Crippen molar-refractivity contribution in [3.63, 3.8) is 0 Å². The molecule has 2 N–H and O–H groups in total. The van der Waals surface area contributed by atoms with Crippen molar-refractivity contribution in [1.82, 2.24) is 5.43 Å². The van der Waals surface area contributed by atoms with Gasteiger partial charge in [0.15, 0.2) is 5.11 Å². The first-order chi connectivity index (χ1) is 11.5. The van der Waals surface area contributed by atoms with Crippen LogP contribution in [-0.2, 0) is 0 Å². The molecule has 0 saturated heterocycles. The summed E-state index contributed by atoms with van der Waals surface area (Å²) in [6, 6.07) is 11.7. The molecule has 0 unspecified atom stereocenters. The molecule has 124 valence electrons. The Bertz CT molecular complexity index is 798. The van der Waals surface area contributed by atoms with Gasteiger partial charge in [-0.2, -0.15) is 5.10 Å². The third-order valence-electron chi connectivity index (χ3n) is 2.90. The highest BCUT2D eigenvalue weighted by atomic mass is 79.9. The van der Waals surface area contributed by atoms with Crippen molar-refractivity contribution in [1.29, 1.82) is 0 Å². The molecule has 0 fully saturated rings. The molecule has 0 aliphatic heterocycles. The Hall–Kier alpha value is -2.52. The average Bonchev–Trinajstić information content (AvgIpc) is 2.55. The summed E-state index contributed by atoms with van der Waals surface area (Å²) in [4.78, 5) is 10.5. The molecule has 0 spiro atoms. The van der Waals surface area contributed by atoms with E-state index in [1.165, 1.54) is 6.07 Å². The monoisotopic (exact) mass is 408 g/mol. The predicted molar refractivity (Wildman–Crippen MR) is 101 cm³/mol. The molecule has 0 aliphatic carbocycles. The lowest BCUT2D eigenvalue weighted by Gasteiger charge is -2.07. The van der Waals surface area contributed by atoms with E-state index in [-0.39, 0.29) is 10.8 Å². The van der Waals surface area contributed by atoms with Crippen molar-refractivity contribution < 1.29 is 9.66 Å². The molecule has 7 nitrogen and oxygen atoms in total. The van der Waals surface area contributed by atoms with E-state index in [9.17, 15) is 10.1 Å². The molecule has 0 radical (unpaired) electrons. The molecule has 24 heavy (non-hydrogen) atoms. The second-order valence-corrected chi connectivity index (χ2v) is 5.75. The van der Waals surface area contributed by atoms with E-state index < -0.39 is 4.92 Å². The highest BCUT2D eigenvalue weighted by Crippen LogP contribution is 2.25. The number of para-hydroxylation sites is 2. The third-order valence-corrected chi connectivity index (χ3v) is 3.72. The van der Waals surface area contributed by atoms with Gasteiger partial charge in [0.25, 0.3) is 5.69 Å². The molecule has 0 amide bonds. The van der Waals surface area contributed by atoms with Gasteiger partial charge in [0, 0.05) is 6.07 Å². The molecule has 9 heteroatoms. The fourth-order valence-corrected chi connectivity index (χ4v) is 2.54. The van der Waals surface area contributed by atoms with E-state index in [4.69, 9.17) is 17.0 Å². The molecule has 0 saturated carbocycles. The first kappa shape index (κ1) is 17.8. The molecule has 2 aromatic rings. The van der Waals surface area contributed by atoms with E-state index in [0.717, 1.165) is 10.0 Å². The highest BCUT2D eigenvalue weighted by Gasteiger charge is 2.12. The Kier molecular flexibility index (Phi) is 6.21. The highest BCUT2D eigenvalue weighted by molar-refractivity contribution is 9.10. The average molecular weight is 409 g/mol. The zero-order chi connectivity index (χ0) is 17.5. The number of benzene rings is 2. The van der Waals surface area contributed by atoms with Crippen molar-refractivity contribution in [3.8, 4) is 5.75 Å². The lowest BCUT2D eigenvalue weighted by atomic mass is 10.2. The van der Waals surface area contributed by atoms with Gasteiger partial charge in [0.1, 0.15) is 11.4 Å². The zero-order valence-corrected chi connectivity index (χ0v) is 14.9. The number of halogens is 1. The van der Waals surface area contributed by atoms with Crippen LogP contribution in [-0.4, -0.2) is 23.4 Å². The van der Waals surface area contributed by atoms with E-state index in [2.05, 4.69) is 31.8 Å². The van der Waals surface area contributed by atoms with E-state index in [0.29, 0.717) is 11.4 Å². The molecule has 0 bridgehead atoms. The van der Waals surface area contributed by atoms with Gasteiger partial charge in [-0.15, -0.1) is 0 Å². The third kappa shape index (κ3) is 4.74. The molecule has 0 atom stereocenters. The van der Waals surface area contributed by atoms with Crippen LogP contribution in [0.3, 0.4) is 0 Å². The summed E-state index contributed by atoms with van der Waals surface area (Å²) < 4.78 is 5.95. The van der Waals surface area contributed by atoms with Crippen molar-refractivity contribution in [2.24, 2.45) is 5.10 Å². The van der Waals surface area contributed by atoms with Gasteiger partial charge in [0.05, 0.1) is 22.7 Å². The first-order valence-electron chi connectivity index (χ1n) is 6.68. The number of hydrogen-bond acceptors (Lipinski definition) is 5. The van der Waals surface area contributed by atoms with Crippen LogP contribution in [0.1, 0.15) is 5.56 Å². The Morgan fingerprint density at radius 3 is 2.79 bits per heavy atom. The van der Waals surface area contributed by atoms with Gasteiger partial charge in [-0.25, -0.2) is 0 Å². The number of nitrogens with one attached hydrogen (secondary N) is 2. The normalized spacial score (nSPS) is 10.4. The van der Waals surface area contributed by atoms with E-state index >= 15 is 0 Å².